The van der Waals surface area contributed by atoms with E-state index in [1.807, 2.05) is 0 Å². The van der Waals surface area contributed by atoms with E-state index in [0.717, 1.165) is 19.4 Å². The molecule has 2 rings (SSSR count). The van der Waals surface area contributed by atoms with Gasteiger partial charge in [0.1, 0.15) is 0 Å². The van der Waals surface area contributed by atoms with Gasteiger partial charge in [-0.2, -0.15) is 0 Å². The molecule has 0 aromatic rings. The van der Waals surface area contributed by atoms with Crippen LogP contribution in [0, 0.1) is 5.92 Å². The summed E-state index contributed by atoms with van der Waals surface area (Å²) in [5.41, 5.74) is 0. The number of fused-ring (bicyclic) bond motifs is 1. The molecule has 3 heteroatoms. The molecule has 0 amide bonds. The normalized spacial score (nSPS) is 33.7. The van der Waals surface area contributed by atoms with Gasteiger partial charge in [-0.3, -0.25) is 4.79 Å². The van der Waals surface area contributed by atoms with Crippen LogP contribution < -0.4 is 0 Å². The molecule has 0 aliphatic carbocycles. The molecule has 0 saturated carbocycles. The van der Waals surface area contributed by atoms with Crippen LogP contribution in [0.1, 0.15) is 38.5 Å². The maximum absolute atomic E-state index is 10.6. The zero-order valence-corrected chi connectivity index (χ0v) is 8.61. The number of hydrogen-bond donors (Lipinski definition) is 1. The maximum Gasteiger partial charge on any atom is 0.303 e. The lowest BCUT2D eigenvalue weighted by Gasteiger charge is -2.42. The summed E-state index contributed by atoms with van der Waals surface area (Å²) < 4.78 is 0. The summed E-state index contributed by atoms with van der Waals surface area (Å²) in [5.74, 6) is -0.189. The lowest BCUT2D eigenvalue weighted by molar-refractivity contribution is -0.138. The van der Waals surface area contributed by atoms with Crippen LogP contribution in [0.15, 0.2) is 0 Å². The minimum absolute atomic E-state index is 0.379. The fraction of sp³-hybridized carbons (Fsp3) is 0.909. The Morgan fingerprint density at radius 1 is 1.29 bits per heavy atom. The van der Waals surface area contributed by atoms with Crippen molar-refractivity contribution in [2.45, 2.75) is 44.6 Å². The second kappa shape index (κ2) is 4.30. The van der Waals surface area contributed by atoms with Gasteiger partial charge in [0.05, 0.1) is 0 Å². The molecule has 0 aromatic carbocycles. The number of nitrogens with zero attached hydrogens (tertiary/aromatic N) is 1. The maximum atomic E-state index is 10.6. The van der Waals surface area contributed by atoms with E-state index in [9.17, 15) is 4.79 Å². The minimum atomic E-state index is -0.626. The molecular formula is C11H19NO2. The van der Waals surface area contributed by atoms with Crippen molar-refractivity contribution in [1.29, 1.82) is 0 Å². The number of piperidine rings is 2. The first kappa shape index (κ1) is 9.97. The third-order valence-corrected chi connectivity index (χ3v) is 3.64. The number of aliphatic carboxylic acids is 1. The van der Waals surface area contributed by atoms with E-state index >= 15 is 0 Å². The summed E-state index contributed by atoms with van der Waals surface area (Å²) in [7, 11) is 0. The highest BCUT2D eigenvalue weighted by Gasteiger charge is 2.30. The number of carbonyl (C=O) groups is 1. The Labute approximate surface area is 85.1 Å². The molecule has 2 aliphatic heterocycles. The molecule has 0 radical (unpaired) electrons. The summed E-state index contributed by atoms with van der Waals surface area (Å²) >= 11 is 0. The molecule has 80 valence electrons. The first-order chi connectivity index (χ1) is 6.75. The topological polar surface area (TPSA) is 40.5 Å². The molecule has 0 spiro atoms. The van der Waals surface area contributed by atoms with Crippen molar-refractivity contribution in [2.24, 2.45) is 5.92 Å². The van der Waals surface area contributed by atoms with Crippen LogP contribution in [0.5, 0.6) is 0 Å². The summed E-state index contributed by atoms with van der Waals surface area (Å²) in [5, 5.41) is 8.75. The van der Waals surface area contributed by atoms with Gasteiger partial charge in [-0.05, 0) is 44.7 Å². The zero-order chi connectivity index (χ0) is 9.97. The van der Waals surface area contributed by atoms with E-state index in [2.05, 4.69) is 4.90 Å². The molecule has 1 N–H and O–H groups in total. The average molecular weight is 197 g/mol. The molecule has 14 heavy (non-hydrogen) atoms. The van der Waals surface area contributed by atoms with E-state index < -0.39 is 5.97 Å². The lowest BCUT2D eigenvalue weighted by atomic mass is 9.84. The Hall–Kier alpha value is -0.570. The second-order valence-electron chi connectivity index (χ2n) is 4.67. The summed E-state index contributed by atoms with van der Waals surface area (Å²) in [4.78, 5) is 13.2. The van der Waals surface area contributed by atoms with Crippen LogP contribution in [0.3, 0.4) is 0 Å². The van der Waals surface area contributed by atoms with Crippen molar-refractivity contribution in [3.8, 4) is 0 Å². The van der Waals surface area contributed by atoms with Crippen molar-refractivity contribution >= 4 is 5.97 Å². The standard InChI is InChI=1S/C11H19NO2/c13-11(14)8-9-4-6-12-5-2-1-3-10(12)7-9/h9-10H,1-8H2,(H,13,14). The number of carboxylic acid groups (broad SMARTS) is 1. The van der Waals surface area contributed by atoms with E-state index in [1.54, 1.807) is 0 Å². The van der Waals surface area contributed by atoms with Gasteiger partial charge >= 0.3 is 5.97 Å². The Balaban J connectivity index is 1.86. The number of carboxylic acids is 1. The van der Waals surface area contributed by atoms with E-state index in [0.29, 0.717) is 18.4 Å². The molecule has 2 atom stereocenters. The van der Waals surface area contributed by atoms with Crippen LogP contribution in [0.4, 0.5) is 0 Å². The van der Waals surface area contributed by atoms with Crippen molar-refractivity contribution in [3.63, 3.8) is 0 Å². The van der Waals surface area contributed by atoms with Gasteiger partial charge in [0, 0.05) is 12.5 Å². The fourth-order valence-corrected chi connectivity index (χ4v) is 2.90. The first-order valence-electron chi connectivity index (χ1n) is 5.71. The van der Waals surface area contributed by atoms with Gasteiger partial charge < -0.3 is 10.0 Å². The van der Waals surface area contributed by atoms with Crippen LogP contribution in [-0.2, 0) is 4.79 Å². The van der Waals surface area contributed by atoms with Crippen LogP contribution in [-0.4, -0.2) is 35.1 Å². The second-order valence-corrected chi connectivity index (χ2v) is 4.67. The molecule has 3 nitrogen and oxygen atoms in total. The Bertz CT molecular complexity index is 217. The summed E-state index contributed by atoms with van der Waals surface area (Å²) in [6.07, 6.45) is 6.54. The van der Waals surface area contributed by atoms with Crippen LogP contribution in [0.25, 0.3) is 0 Å². The molecule has 2 saturated heterocycles. The van der Waals surface area contributed by atoms with Crippen LogP contribution >= 0.6 is 0 Å². The molecule has 0 aromatic heterocycles. The third-order valence-electron chi connectivity index (χ3n) is 3.64. The average Bonchev–Trinajstić information content (AvgIpc) is 2.17. The number of rotatable bonds is 2. The largest absolute Gasteiger partial charge is 0.481 e. The van der Waals surface area contributed by atoms with Crippen molar-refractivity contribution in [3.05, 3.63) is 0 Å². The smallest absolute Gasteiger partial charge is 0.303 e. The SMILES string of the molecule is O=C(O)CC1CCN2CCCCC2C1. The van der Waals surface area contributed by atoms with Gasteiger partial charge in [0.25, 0.3) is 0 Å². The predicted molar refractivity (Wildman–Crippen MR) is 54.2 cm³/mol. The van der Waals surface area contributed by atoms with Gasteiger partial charge in [-0.15, -0.1) is 0 Å². The fourth-order valence-electron chi connectivity index (χ4n) is 2.90. The zero-order valence-electron chi connectivity index (χ0n) is 8.61. The van der Waals surface area contributed by atoms with Gasteiger partial charge in [0.15, 0.2) is 0 Å². The van der Waals surface area contributed by atoms with E-state index in [4.69, 9.17) is 5.11 Å². The van der Waals surface area contributed by atoms with Crippen LogP contribution in [0.2, 0.25) is 0 Å². The lowest BCUT2D eigenvalue weighted by Crippen LogP contribution is -2.45. The molecule has 2 fully saturated rings. The monoisotopic (exact) mass is 197 g/mol. The van der Waals surface area contributed by atoms with Crippen molar-refractivity contribution in [1.82, 2.24) is 4.90 Å². The highest BCUT2D eigenvalue weighted by atomic mass is 16.4. The highest BCUT2D eigenvalue weighted by molar-refractivity contribution is 5.67. The van der Waals surface area contributed by atoms with Gasteiger partial charge in [0.2, 0.25) is 0 Å². The molecule has 2 heterocycles. The van der Waals surface area contributed by atoms with Gasteiger partial charge in [-0.25, -0.2) is 0 Å². The van der Waals surface area contributed by atoms with E-state index in [-0.39, 0.29) is 0 Å². The Kier molecular flexibility index (Phi) is 3.06. The first-order valence-corrected chi connectivity index (χ1v) is 5.71. The van der Waals surface area contributed by atoms with Crippen molar-refractivity contribution in [2.75, 3.05) is 13.1 Å². The quantitative estimate of drug-likeness (QED) is 0.733. The summed E-state index contributed by atoms with van der Waals surface area (Å²) in [6.45, 7) is 2.37. The van der Waals surface area contributed by atoms with Gasteiger partial charge in [-0.1, -0.05) is 6.42 Å². The predicted octanol–water partition coefficient (Wildman–Crippen LogP) is 1.73. The van der Waals surface area contributed by atoms with E-state index in [1.165, 1.54) is 25.8 Å². The molecule has 0 bridgehead atoms. The Morgan fingerprint density at radius 3 is 2.93 bits per heavy atom. The molecule has 2 unspecified atom stereocenters. The van der Waals surface area contributed by atoms with Crippen molar-refractivity contribution < 1.29 is 9.90 Å². The minimum Gasteiger partial charge on any atom is -0.481 e. The molecule has 2 aliphatic rings. The molecular weight excluding hydrogens is 178 g/mol. The summed E-state index contributed by atoms with van der Waals surface area (Å²) in [6, 6.07) is 0.696. The number of hydrogen-bond acceptors (Lipinski definition) is 2. The highest BCUT2D eigenvalue weighted by Crippen LogP contribution is 2.30. The third kappa shape index (κ3) is 2.27. The Morgan fingerprint density at radius 2 is 2.14 bits per heavy atom.